The summed E-state index contributed by atoms with van der Waals surface area (Å²) in [5, 5.41) is 0. The molecule has 2 aromatic rings. The van der Waals surface area contributed by atoms with Crippen LogP contribution in [0.2, 0.25) is 0 Å². The Labute approximate surface area is 244 Å². The number of ether oxygens (including phenoxy) is 3. The average molecular weight is 728 g/mol. The van der Waals surface area contributed by atoms with Gasteiger partial charge >= 0.3 is 0 Å². The van der Waals surface area contributed by atoms with Crippen molar-refractivity contribution in [1.29, 1.82) is 0 Å². The van der Waals surface area contributed by atoms with Gasteiger partial charge in [0.25, 0.3) is 10.1 Å². The first-order valence-corrected chi connectivity index (χ1v) is 13.8. The molecule has 1 aliphatic rings. The molecule has 0 bridgehead atoms. The molecule has 0 saturated heterocycles. The van der Waals surface area contributed by atoms with E-state index >= 15 is 0 Å². The second kappa shape index (κ2) is 17.6. The number of nitrogens with zero attached hydrogens (tertiary/aromatic N) is 1. The first-order valence-electron chi connectivity index (χ1n) is 12.0. The molecule has 0 amide bonds. The topological polar surface area (TPSA) is 94.4 Å². The van der Waals surface area contributed by atoms with E-state index < -0.39 is 10.1 Å². The first-order chi connectivity index (χ1) is 16.7. The number of hydrogen-bond acceptors (Lipinski definition) is 6. The molecule has 3 rings (SSSR count). The summed E-state index contributed by atoms with van der Waals surface area (Å²) < 4.78 is 41.5. The Balaban J connectivity index is 0. The summed E-state index contributed by atoms with van der Waals surface area (Å²) in [5.41, 5.74) is 2.57. The summed E-state index contributed by atoms with van der Waals surface area (Å²) in [6.45, 7) is 13.9. The molecule has 7 nitrogen and oxygen atoms in total. The van der Waals surface area contributed by atoms with Crippen molar-refractivity contribution >= 4 is 21.5 Å². The molecule has 9 heteroatoms. The number of benzene rings is 2. The third kappa shape index (κ3) is 12.3. The van der Waals surface area contributed by atoms with E-state index in [1.807, 2.05) is 37.3 Å². The maximum atomic E-state index is 9.19. The Morgan fingerprint density at radius 1 is 0.842 bits per heavy atom. The fourth-order valence-electron chi connectivity index (χ4n) is 4.29. The van der Waals surface area contributed by atoms with Gasteiger partial charge in [0.15, 0.2) is 0 Å². The van der Waals surface area contributed by atoms with Crippen molar-refractivity contribution in [3.8, 4) is 17.2 Å². The van der Waals surface area contributed by atoms with Gasteiger partial charge in [0.05, 0.1) is 44.8 Å². The summed E-state index contributed by atoms with van der Waals surface area (Å²) in [7, 11) is 1.18. The van der Waals surface area contributed by atoms with Crippen molar-refractivity contribution in [2.75, 3.05) is 27.6 Å². The summed E-state index contributed by atoms with van der Waals surface area (Å²) in [6.07, 6.45) is 0.715. The average Bonchev–Trinajstić information content (AvgIpc) is 3.00. The molecule has 0 spiro atoms. The maximum absolute atomic E-state index is 9.19. The molecule has 1 fully saturated rings. The summed E-state index contributed by atoms with van der Waals surface area (Å²) in [5.74, 6) is 6.80. The van der Waals surface area contributed by atoms with E-state index in [1.54, 1.807) is 27.4 Å². The largest absolute Gasteiger partial charge is 0.536 e. The minimum absolute atomic E-state index is 0. The van der Waals surface area contributed by atoms with E-state index in [2.05, 4.69) is 45.7 Å². The van der Waals surface area contributed by atoms with Crippen LogP contribution < -0.4 is 14.2 Å². The quantitative estimate of drug-likeness (QED) is 0.207. The van der Waals surface area contributed by atoms with Crippen molar-refractivity contribution in [2.24, 2.45) is 34.6 Å². The zero-order chi connectivity index (χ0) is 27.6. The number of aliphatic imine (C=N–C) groups is 1. The predicted octanol–water partition coefficient (Wildman–Crippen LogP) is 6.79. The monoisotopic (exact) mass is 728 g/mol. The van der Waals surface area contributed by atoms with E-state index in [9.17, 15) is 8.42 Å². The van der Waals surface area contributed by atoms with Gasteiger partial charge in [-0.05, 0) is 59.6 Å². The van der Waals surface area contributed by atoms with Crippen LogP contribution in [0.25, 0.3) is 0 Å². The van der Waals surface area contributed by atoms with Crippen LogP contribution in [0, 0.1) is 43.1 Å². The molecule has 0 aliphatic heterocycles. The van der Waals surface area contributed by atoms with Crippen molar-refractivity contribution < 1.29 is 47.3 Å². The fraction of sp³-hybridized carbons (Fsp3) is 0.517. The van der Waals surface area contributed by atoms with Gasteiger partial charge in [-0.15, -0.1) is 17.7 Å². The van der Waals surface area contributed by atoms with E-state index in [0.717, 1.165) is 52.3 Å². The van der Waals surface area contributed by atoms with Crippen molar-refractivity contribution in [1.82, 2.24) is 0 Å². The molecule has 0 heterocycles. The van der Waals surface area contributed by atoms with Gasteiger partial charge in [-0.25, -0.2) is 0 Å². The minimum Gasteiger partial charge on any atom is -0.536 e. The Morgan fingerprint density at radius 3 is 1.58 bits per heavy atom. The SMILES string of the molecule is CC1C(C)C(C)C(C)C1C.COc1ccc(N=C(C)c2[c-]cc(OC)c(OC)c2)cc1.CS(=O)(=O)O.[CH3-].[Ir]. The standard InChI is InChI=1S/C17H18NO3.C10H20.CH4O3S.CH3.Ir/c1-12(18-14-6-8-15(19-2)9-7-14)13-5-10-16(20-3)17(11-13)21-4;1-6-7(2)9(4)10(5)8(6)3;1-5(2,3)4;;/h6-11H,1-4H3;6-10H,1-5H3;1H3,(H,2,3,4);1H3;/q-1;;;-1;. The van der Waals surface area contributed by atoms with Crippen LogP contribution >= 0.6 is 0 Å². The molecular weight excluding hydrogens is 683 g/mol. The van der Waals surface area contributed by atoms with E-state index in [0.29, 0.717) is 17.8 Å². The molecule has 1 aliphatic carbocycles. The Bertz CT molecular complexity index is 1040. The van der Waals surface area contributed by atoms with Crippen LogP contribution in [-0.2, 0) is 30.2 Å². The van der Waals surface area contributed by atoms with Gasteiger partial charge in [0.2, 0.25) is 0 Å². The van der Waals surface area contributed by atoms with Crippen molar-refractivity contribution in [2.45, 2.75) is 41.5 Å². The van der Waals surface area contributed by atoms with Gasteiger partial charge in [0.1, 0.15) is 5.75 Å². The van der Waals surface area contributed by atoms with E-state index in [-0.39, 0.29) is 27.5 Å². The zero-order valence-corrected chi connectivity index (χ0v) is 27.7. The van der Waals surface area contributed by atoms with Gasteiger partial charge in [0, 0.05) is 20.1 Å². The molecule has 0 aromatic heterocycles. The van der Waals surface area contributed by atoms with Gasteiger partial charge in [-0.3, -0.25) is 4.55 Å². The smallest absolute Gasteiger partial charge is 0.261 e. The Kier molecular flexibility index (Phi) is 17.7. The van der Waals surface area contributed by atoms with Crippen LogP contribution in [-0.4, -0.2) is 46.3 Å². The Morgan fingerprint density at radius 2 is 1.24 bits per heavy atom. The summed E-state index contributed by atoms with van der Waals surface area (Å²) >= 11 is 0. The van der Waals surface area contributed by atoms with Crippen LogP contribution in [0.1, 0.15) is 47.1 Å². The van der Waals surface area contributed by atoms with Crippen molar-refractivity contribution in [3.63, 3.8) is 0 Å². The molecule has 1 radical (unpaired) electrons. The minimum atomic E-state index is -3.67. The molecule has 38 heavy (non-hydrogen) atoms. The zero-order valence-electron chi connectivity index (χ0n) is 24.5. The van der Waals surface area contributed by atoms with Crippen LogP contribution in [0.15, 0.2) is 41.4 Å². The third-order valence-electron chi connectivity index (χ3n) is 7.22. The normalized spacial score (nSPS) is 22.3. The maximum Gasteiger partial charge on any atom is 0.261 e. The van der Waals surface area contributed by atoms with Gasteiger partial charge in [-0.2, -0.15) is 8.42 Å². The van der Waals surface area contributed by atoms with Crippen LogP contribution in [0.5, 0.6) is 17.2 Å². The van der Waals surface area contributed by atoms with Gasteiger partial charge in [-0.1, -0.05) is 47.6 Å². The van der Waals surface area contributed by atoms with Crippen LogP contribution in [0.3, 0.4) is 0 Å². The fourth-order valence-corrected chi connectivity index (χ4v) is 4.29. The first kappa shape index (κ1) is 38.2. The molecule has 1 N–H and O–H groups in total. The Hall–Kier alpha value is -1.93. The second-order valence-corrected chi connectivity index (χ2v) is 10.9. The molecule has 219 valence electrons. The van der Waals surface area contributed by atoms with Gasteiger partial charge < -0.3 is 26.6 Å². The van der Waals surface area contributed by atoms with Crippen molar-refractivity contribution in [3.05, 3.63) is 55.5 Å². The third-order valence-corrected chi connectivity index (χ3v) is 7.22. The van der Waals surface area contributed by atoms with E-state index in [1.165, 1.54) is 0 Å². The number of hydrogen-bond donors (Lipinski definition) is 1. The summed E-state index contributed by atoms with van der Waals surface area (Å²) in [4.78, 5) is 4.57. The second-order valence-electron chi connectivity index (χ2n) is 9.41. The summed E-state index contributed by atoms with van der Waals surface area (Å²) in [6, 6.07) is 14.3. The number of rotatable bonds is 5. The molecular formula is C29H45IrNO6S-2. The molecule has 1 saturated carbocycles. The molecule has 0 atom stereocenters. The number of methoxy groups -OCH3 is 3. The molecule has 0 unspecified atom stereocenters. The van der Waals surface area contributed by atoms with E-state index in [4.69, 9.17) is 18.8 Å². The predicted molar refractivity (Wildman–Crippen MR) is 153 cm³/mol. The van der Waals surface area contributed by atoms with Crippen LogP contribution in [0.4, 0.5) is 5.69 Å². The molecule has 2 aromatic carbocycles.